The van der Waals surface area contributed by atoms with Gasteiger partial charge in [0.25, 0.3) is 0 Å². The number of hydrogen-bond acceptors (Lipinski definition) is 5. The summed E-state index contributed by atoms with van der Waals surface area (Å²) in [7, 11) is 0. The SMILES string of the molecule is Cc1nsc(NCC2Cc3ccccc3O2)c1C#N. The summed E-state index contributed by atoms with van der Waals surface area (Å²) in [6.07, 6.45) is 1.02. The van der Waals surface area contributed by atoms with Crippen molar-refractivity contribution >= 4 is 16.5 Å². The van der Waals surface area contributed by atoms with Gasteiger partial charge in [-0.25, -0.2) is 0 Å². The van der Waals surface area contributed by atoms with E-state index in [1.54, 1.807) is 0 Å². The zero-order valence-corrected chi connectivity index (χ0v) is 11.3. The lowest BCUT2D eigenvalue weighted by Crippen LogP contribution is -2.23. The van der Waals surface area contributed by atoms with E-state index in [4.69, 9.17) is 10.00 Å². The molecular weight excluding hydrogens is 258 g/mol. The first kappa shape index (κ1) is 12.0. The maximum atomic E-state index is 9.07. The monoisotopic (exact) mass is 271 g/mol. The summed E-state index contributed by atoms with van der Waals surface area (Å²) >= 11 is 1.33. The van der Waals surface area contributed by atoms with Gasteiger partial charge < -0.3 is 10.1 Å². The molecular formula is C14H13N3OS. The summed E-state index contributed by atoms with van der Waals surface area (Å²) in [4.78, 5) is 0. The average Bonchev–Trinajstić information content (AvgIpc) is 2.99. The quantitative estimate of drug-likeness (QED) is 0.932. The van der Waals surface area contributed by atoms with Crippen LogP contribution in [0, 0.1) is 18.3 Å². The molecule has 96 valence electrons. The van der Waals surface area contributed by atoms with Gasteiger partial charge in [0.15, 0.2) is 0 Å². The molecule has 19 heavy (non-hydrogen) atoms. The van der Waals surface area contributed by atoms with Crippen LogP contribution in [-0.2, 0) is 6.42 Å². The summed E-state index contributed by atoms with van der Waals surface area (Å²) in [5, 5.41) is 13.2. The van der Waals surface area contributed by atoms with Crippen LogP contribution < -0.4 is 10.1 Å². The molecule has 3 rings (SSSR count). The molecule has 1 aliphatic heterocycles. The number of nitriles is 1. The van der Waals surface area contributed by atoms with E-state index in [2.05, 4.69) is 21.8 Å². The smallest absolute Gasteiger partial charge is 0.127 e. The normalized spacial score (nSPS) is 16.5. The lowest BCUT2D eigenvalue weighted by Gasteiger charge is -2.11. The number of benzene rings is 1. The van der Waals surface area contributed by atoms with Gasteiger partial charge in [-0.15, -0.1) is 0 Å². The van der Waals surface area contributed by atoms with E-state index in [1.165, 1.54) is 17.1 Å². The predicted octanol–water partition coefficient (Wildman–Crippen LogP) is 2.74. The molecule has 1 N–H and O–H groups in total. The third-order valence-electron chi connectivity index (χ3n) is 3.18. The molecule has 1 atom stereocenters. The van der Waals surface area contributed by atoms with Gasteiger partial charge in [0.1, 0.15) is 28.5 Å². The van der Waals surface area contributed by atoms with Gasteiger partial charge in [0, 0.05) is 6.42 Å². The maximum absolute atomic E-state index is 9.07. The van der Waals surface area contributed by atoms with Crippen LogP contribution in [0.3, 0.4) is 0 Å². The van der Waals surface area contributed by atoms with Crippen molar-refractivity contribution in [2.75, 3.05) is 11.9 Å². The summed E-state index contributed by atoms with van der Waals surface area (Å²) in [6, 6.07) is 10.3. The second kappa shape index (κ2) is 4.90. The van der Waals surface area contributed by atoms with E-state index in [-0.39, 0.29) is 6.10 Å². The minimum Gasteiger partial charge on any atom is -0.488 e. The molecule has 0 radical (unpaired) electrons. The molecule has 2 heterocycles. The van der Waals surface area contributed by atoms with Crippen LogP contribution >= 0.6 is 11.5 Å². The first-order valence-corrected chi connectivity index (χ1v) is 6.90. The first-order chi connectivity index (χ1) is 9.28. The van der Waals surface area contributed by atoms with E-state index in [9.17, 15) is 0 Å². The lowest BCUT2D eigenvalue weighted by atomic mass is 10.1. The summed E-state index contributed by atoms with van der Waals surface area (Å²) in [5.41, 5.74) is 2.67. The third-order valence-corrected chi connectivity index (χ3v) is 4.07. The highest BCUT2D eigenvalue weighted by Crippen LogP contribution is 2.29. The molecule has 5 heteroatoms. The van der Waals surface area contributed by atoms with Crippen molar-refractivity contribution in [3.8, 4) is 11.8 Å². The van der Waals surface area contributed by atoms with Crippen molar-refractivity contribution in [1.29, 1.82) is 5.26 Å². The number of nitrogens with one attached hydrogen (secondary N) is 1. The van der Waals surface area contributed by atoms with Crippen molar-refractivity contribution in [3.05, 3.63) is 41.1 Å². The average molecular weight is 271 g/mol. The number of fused-ring (bicyclic) bond motifs is 1. The topological polar surface area (TPSA) is 57.9 Å². The number of para-hydroxylation sites is 1. The number of nitrogens with zero attached hydrogens (tertiary/aromatic N) is 2. The highest BCUT2D eigenvalue weighted by Gasteiger charge is 2.22. The third kappa shape index (κ3) is 2.27. The van der Waals surface area contributed by atoms with Crippen LogP contribution in [-0.4, -0.2) is 17.0 Å². The number of anilines is 1. The number of hydrogen-bond donors (Lipinski definition) is 1. The van der Waals surface area contributed by atoms with Crippen molar-refractivity contribution in [2.45, 2.75) is 19.4 Å². The second-order valence-corrected chi connectivity index (χ2v) is 5.29. The minimum absolute atomic E-state index is 0.117. The van der Waals surface area contributed by atoms with Gasteiger partial charge in [-0.3, -0.25) is 0 Å². The zero-order valence-electron chi connectivity index (χ0n) is 10.5. The standard InChI is InChI=1S/C14H13N3OS/c1-9-12(7-15)14(19-17-9)16-8-11-6-10-4-2-3-5-13(10)18-11/h2-5,11,16H,6,8H2,1H3. The minimum atomic E-state index is 0.117. The molecule has 0 fully saturated rings. The molecule has 1 aliphatic rings. The highest BCUT2D eigenvalue weighted by molar-refractivity contribution is 7.10. The van der Waals surface area contributed by atoms with Crippen molar-refractivity contribution < 1.29 is 4.74 Å². The fourth-order valence-corrected chi connectivity index (χ4v) is 2.95. The van der Waals surface area contributed by atoms with E-state index in [1.807, 2.05) is 25.1 Å². The molecule has 0 bridgehead atoms. The number of aryl methyl sites for hydroxylation is 1. The Morgan fingerprint density at radius 1 is 1.53 bits per heavy atom. The van der Waals surface area contributed by atoms with Gasteiger partial charge in [-0.2, -0.15) is 9.64 Å². The fourth-order valence-electron chi connectivity index (χ4n) is 2.20. The summed E-state index contributed by atoms with van der Waals surface area (Å²) in [5.74, 6) is 0.968. The molecule has 2 aromatic rings. The Balaban J connectivity index is 1.65. The Morgan fingerprint density at radius 3 is 3.16 bits per heavy atom. The van der Waals surface area contributed by atoms with Crippen LogP contribution in [0.25, 0.3) is 0 Å². The van der Waals surface area contributed by atoms with Gasteiger partial charge in [-0.05, 0) is 30.1 Å². The van der Waals surface area contributed by atoms with Crippen molar-refractivity contribution in [3.63, 3.8) is 0 Å². The maximum Gasteiger partial charge on any atom is 0.127 e. The van der Waals surface area contributed by atoms with Crippen LogP contribution in [0.2, 0.25) is 0 Å². The first-order valence-electron chi connectivity index (χ1n) is 6.12. The van der Waals surface area contributed by atoms with Gasteiger partial charge >= 0.3 is 0 Å². The van der Waals surface area contributed by atoms with E-state index >= 15 is 0 Å². The predicted molar refractivity (Wildman–Crippen MR) is 74.6 cm³/mol. The van der Waals surface area contributed by atoms with Crippen LogP contribution in [0.5, 0.6) is 5.75 Å². The Morgan fingerprint density at radius 2 is 2.37 bits per heavy atom. The molecule has 1 aromatic carbocycles. The van der Waals surface area contributed by atoms with E-state index in [0.29, 0.717) is 12.1 Å². The molecule has 0 amide bonds. The summed E-state index contributed by atoms with van der Waals surface area (Å²) < 4.78 is 10.0. The number of rotatable bonds is 3. The Labute approximate surface area is 115 Å². The van der Waals surface area contributed by atoms with E-state index < -0.39 is 0 Å². The molecule has 1 unspecified atom stereocenters. The molecule has 4 nitrogen and oxygen atoms in total. The fraction of sp³-hybridized carbons (Fsp3) is 0.286. The number of aromatic nitrogens is 1. The Hall–Kier alpha value is -2.06. The molecule has 0 spiro atoms. The summed E-state index contributed by atoms with van der Waals surface area (Å²) in [6.45, 7) is 2.53. The van der Waals surface area contributed by atoms with Gasteiger partial charge in [0.2, 0.25) is 0 Å². The highest BCUT2D eigenvalue weighted by atomic mass is 32.1. The van der Waals surface area contributed by atoms with E-state index in [0.717, 1.165) is 22.9 Å². The lowest BCUT2D eigenvalue weighted by molar-refractivity contribution is 0.246. The van der Waals surface area contributed by atoms with Gasteiger partial charge in [-0.1, -0.05) is 18.2 Å². The van der Waals surface area contributed by atoms with Crippen LogP contribution in [0.4, 0.5) is 5.00 Å². The zero-order chi connectivity index (χ0) is 13.2. The Bertz CT molecular complexity index is 619. The largest absolute Gasteiger partial charge is 0.488 e. The van der Waals surface area contributed by atoms with Crippen LogP contribution in [0.15, 0.2) is 24.3 Å². The molecule has 0 saturated heterocycles. The molecule has 0 saturated carbocycles. The van der Waals surface area contributed by atoms with Gasteiger partial charge in [0.05, 0.1) is 12.2 Å². The molecule has 1 aromatic heterocycles. The Kier molecular flexibility index (Phi) is 3.10. The van der Waals surface area contributed by atoms with Crippen LogP contribution in [0.1, 0.15) is 16.8 Å². The van der Waals surface area contributed by atoms with Crippen molar-refractivity contribution in [2.24, 2.45) is 0 Å². The second-order valence-electron chi connectivity index (χ2n) is 4.52. The number of ether oxygens (including phenoxy) is 1. The molecule has 0 aliphatic carbocycles. The van der Waals surface area contributed by atoms with Crippen molar-refractivity contribution in [1.82, 2.24) is 4.37 Å².